The number of amides is 1. The highest BCUT2D eigenvalue weighted by Gasteiger charge is 2.10. The van der Waals surface area contributed by atoms with Gasteiger partial charge in [0.1, 0.15) is 5.75 Å². The summed E-state index contributed by atoms with van der Waals surface area (Å²) >= 11 is 0. The molecule has 4 rings (SSSR count). The molecule has 0 aliphatic rings. The number of carbonyl (C=O) groups is 1. The Hall–Kier alpha value is -4.06. The molecule has 32 heavy (non-hydrogen) atoms. The molecule has 1 N–H and O–H groups in total. The van der Waals surface area contributed by atoms with Gasteiger partial charge in [0, 0.05) is 34.0 Å². The van der Waals surface area contributed by atoms with Crippen molar-refractivity contribution in [3.8, 4) is 17.1 Å². The van der Waals surface area contributed by atoms with Crippen molar-refractivity contribution in [3.63, 3.8) is 0 Å². The summed E-state index contributed by atoms with van der Waals surface area (Å²) in [6.45, 7) is 6.12. The van der Waals surface area contributed by atoms with Crippen molar-refractivity contribution < 1.29 is 9.53 Å². The lowest BCUT2D eigenvalue weighted by molar-refractivity contribution is 0.0955. The van der Waals surface area contributed by atoms with Gasteiger partial charge in [-0.3, -0.25) is 4.79 Å². The van der Waals surface area contributed by atoms with E-state index in [0.717, 1.165) is 39.9 Å². The van der Waals surface area contributed by atoms with Gasteiger partial charge < -0.3 is 13.9 Å². The topological polar surface area (TPSA) is 60.5 Å². The zero-order chi connectivity index (χ0) is 22.7. The van der Waals surface area contributed by atoms with Crippen LogP contribution in [0.1, 0.15) is 33.1 Å². The van der Waals surface area contributed by atoms with E-state index in [1.807, 2.05) is 75.4 Å². The van der Waals surface area contributed by atoms with Gasteiger partial charge in [0.15, 0.2) is 0 Å². The van der Waals surface area contributed by atoms with Crippen molar-refractivity contribution in [2.45, 2.75) is 20.8 Å². The number of rotatable bonds is 6. The van der Waals surface area contributed by atoms with Crippen LogP contribution in [-0.4, -0.2) is 28.4 Å². The lowest BCUT2D eigenvalue weighted by Gasteiger charge is -2.11. The molecule has 0 spiro atoms. The second-order valence-corrected chi connectivity index (χ2v) is 7.63. The zero-order valence-electron chi connectivity index (χ0n) is 18.7. The van der Waals surface area contributed by atoms with Crippen molar-refractivity contribution in [3.05, 3.63) is 101 Å². The Labute approximate surface area is 187 Å². The van der Waals surface area contributed by atoms with Crippen LogP contribution in [-0.2, 0) is 0 Å². The molecule has 2 aromatic carbocycles. The monoisotopic (exact) mass is 426 g/mol. The second kappa shape index (κ2) is 8.98. The molecule has 0 aliphatic carbocycles. The van der Waals surface area contributed by atoms with Gasteiger partial charge in [0.25, 0.3) is 5.91 Å². The van der Waals surface area contributed by atoms with Crippen molar-refractivity contribution >= 4 is 12.1 Å². The molecule has 0 aliphatic heterocycles. The molecule has 162 valence electrons. The summed E-state index contributed by atoms with van der Waals surface area (Å²) in [6, 6.07) is 23.4. The van der Waals surface area contributed by atoms with E-state index in [0.29, 0.717) is 5.56 Å². The molecule has 0 saturated carbocycles. The Morgan fingerprint density at radius 1 is 0.844 bits per heavy atom. The van der Waals surface area contributed by atoms with Gasteiger partial charge in [-0.2, -0.15) is 5.10 Å². The third kappa shape index (κ3) is 4.21. The maximum Gasteiger partial charge on any atom is 0.271 e. The molecular formula is C26H26N4O2. The number of aromatic nitrogens is 2. The third-order valence-electron chi connectivity index (χ3n) is 5.44. The van der Waals surface area contributed by atoms with E-state index >= 15 is 0 Å². The van der Waals surface area contributed by atoms with Crippen LogP contribution >= 0.6 is 0 Å². The number of carbonyl (C=O) groups excluding carboxylic acids is 1. The predicted molar refractivity (Wildman–Crippen MR) is 127 cm³/mol. The van der Waals surface area contributed by atoms with E-state index in [1.165, 1.54) is 0 Å². The largest absolute Gasteiger partial charge is 0.497 e. The molecule has 0 saturated heterocycles. The third-order valence-corrected chi connectivity index (χ3v) is 5.44. The molecule has 2 heterocycles. The molecule has 2 aromatic heterocycles. The summed E-state index contributed by atoms with van der Waals surface area (Å²) in [5, 5.41) is 4.20. The zero-order valence-corrected chi connectivity index (χ0v) is 18.7. The number of methoxy groups -OCH3 is 1. The van der Waals surface area contributed by atoms with E-state index in [9.17, 15) is 4.79 Å². The van der Waals surface area contributed by atoms with Crippen molar-refractivity contribution in [2.24, 2.45) is 5.10 Å². The van der Waals surface area contributed by atoms with Gasteiger partial charge in [0.2, 0.25) is 0 Å². The molecule has 6 nitrogen and oxygen atoms in total. The molecule has 0 atom stereocenters. The Kier molecular flexibility index (Phi) is 5.94. The van der Waals surface area contributed by atoms with Gasteiger partial charge in [0.05, 0.1) is 19.0 Å². The molecule has 0 fully saturated rings. The minimum atomic E-state index is -0.259. The fourth-order valence-corrected chi connectivity index (χ4v) is 3.83. The van der Waals surface area contributed by atoms with Crippen LogP contribution in [0.25, 0.3) is 11.4 Å². The van der Waals surface area contributed by atoms with E-state index in [2.05, 4.69) is 31.8 Å². The van der Waals surface area contributed by atoms with Crippen LogP contribution in [0.5, 0.6) is 5.75 Å². The fraction of sp³-hybridized carbons (Fsp3) is 0.154. The highest BCUT2D eigenvalue weighted by atomic mass is 16.5. The number of hydrogen-bond acceptors (Lipinski definition) is 3. The number of hydrogen-bond donors (Lipinski definition) is 1. The van der Waals surface area contributed by atoms with Crippen molar-refractivity contribution in [2.75, 3.05) is 7.11 Å². The Morgan fingerprint density at radius 3 is 2.19 bits per heavy atom. The summed E-state index contributed by atoms with van der Waals surface area (Å²) in [4.78, 5) is 12.7. The Bertz CT molecular complexity index is 1260. The minimum Gasteiger partial charge on any atom is -0.497 e. The Morgan fingerprint density at radius 2 is 1.50 bits per heavy atom. The van der Waals surface area contributed by atoms with Crippen LogP contribution < -0.4 is 10.2 Å². The van der Waals surface area contributed by atoms with Crippen LogP contribution in [0.2, 0.25) is 0 Å². The van der Waals surface area contributed by atoms with E-state index in [1.54, 1.807) is 19.4 Å². The summed E-state index contributed by atoms with van der Waals surface area (Å²) in [5.41, 5.74) is 9.30. The van der Waals surface area contributed by atoms with E-state index in [4.69, 9.17) is 4.74 Å². The first kappa shape index (κ1) is 21.2. The number of nitrogens with one attached hydrogen (secondary N) is 1. The second-order valence-electron chi connectivity index (χ2n) is 7.63. The lowest BCUT2D eigenvalue weighted by Crippen LogP contribution is -2.18. The summed E-state index contributed by atoms with van der Waals surface area (Å²) in [7, 11) is 1.65. The average molecular weight is 427 g/mol. The number of nitrogens with zero attached hydrogens (tertiary/aromatic N) is 3. The smallest absolute Gasteiger partial charge is 0.271 e. The molecule has 4 aromatic rings. The van der Waals surface area contributed by atoms with Crippen LogP contribution in [0.4, 0.5) is 0 Å². The number of benzene rings is 2. The van der Waals surface area contributed by atoms with Gasteiger partial charge in [-0.25, -0.2) is 5.43 Å². The molecule has 1 amide bonds. The number of hydrazone groups is 1. The number of aryl methyl sites for hydroxylation is 3. The molecule has 0 bridgehead atoms. The summed E-state index contributed by atoms with van der Waals surface area (Å²) in [6.07, 6.45) is 1.65. The quantitative estimate of drug-likeness (QED) is 0.350. The molecule has 0 radical (unpaired) electrons. The first-order valence-corrected chi connectivity index (χ1v) is 10.4. The van der Waals surface area contributed by atoms with Crippen molar-refractivity contribution in [1.82, 2.24) is 14.6 Å². The first-order valence-electron chi connectivity index (χ1n) is 10.4. The van der Waals surface area contributed by atoms with Gasteiger partial charge >= 0.3 is 0 Å². The summed E-state index contributed by atoms with van der Waals surface area (Å²) < 4.78 is 9.42. The Balaban J connectivity index is 1.52. The van der Waals surface area contributed by atoms with Gasteiger partial charge in [-0.1, -0.05) is 6.07 Å². The normalized spacial score (nSPS) is 11.1. The maximum atomic E-state index is 12.7. The molecule has 0 unspecified atom stereocenters. The van der Waals surface area contributed by atoms with Crippen LogP contribution in [0.15, 0.2) is 77.9 Å². The fourth-order valence-electron chi connectivity index (χ4n) is 3.83. The van der Waals surface area contributed by atoms with Gasteiger partial charge in [-0.15, -0.1) is 0 Å². The van der Waals surface area contributed by atoms with E-state index in [-0.39, 0.29) is 5.91 Å². The SMILES string of the molecule is COc1ccc(-n2c(C)ccc2/C=N/NC(=O)c2cccc(-n3c(C)ccc3C)c2)cc1. The standard InChI is InChI=1S/C26H26N4O2/c1-18-8-9-19(2)29(18)23-7-5-6-21(16-23)26(31)28-27-17-24-11-10-20(3)30(24)22-12-14-25(32-4)15-13-22/h5-17H,1-4H3,(H,28,31)/b27-17+. The number of ether oxygens (including phenoxy) is 1. The van der Waals surface area contributed by atoms with Crippen molar-refractivity contribution in [1.29, 1.82) is 0 Å². The van der Waals surface area contributed by atoms with E-state index < -0.39 is 0 Å². The van der Waals surface area contributed by atoms with Gasteiger partial charge in [-0.05, 0) is 87.5 Å². The lowest BCUT2D eigenvalue weighted by atomic mass is 10.2. The minimum absolute atomic E-state index is 0.259. The highest BCUT2D eigenvalue weighted by Crippen LogP contribution is 2.20. The molecule has 6 heteroatoms. The van der Waals surface area contributed by atoms with Crippen LogP contribution in [0, 0.1) is 20.8 Å². The average Bonchev–Trinajstić information content (AvgIpc) is 3.34. The first-order chi connectivity index (χ1) is 15.5. The predicted octanol–water partition coefficient (Wildman–Crippen LogP) is 4.97. The summed E-state index contributed by atoms with van der Waals surface area (Å²) in [5.74, 6) is 0.540. The van der Waals surface area contributed by atoms with Crippen LogP contribution in [0.3, 0.4) is 0 Å². The molecular weight excluding hydrogens is 400 g/mol. The maximum absolute atomic E-state index is 12.7. The highest BCUT2D eigenvalue weighted by molar-refractivity contribution is 5.95.